The zero-order valence-electron chi connectivity index (χ0n) is 8.66. The minimum Gasteiger partial charge on any atom is -0.357 e. The second kappa shape index (κ2) is 3.96. The van der Waals surface area contributed by atoms with E-state index in [1.807, 2.05) is 6.92 Å². The summed E-state index contributed by atoms with van der Waals surface area (Å²) in [4.78, 5) is 6.91. The van der Waals surface area contributed by atoms with Crippen LogP contribution in [0.1, 0.15) is 24.1 Å². The lowest BCUT2D eigenvalue weighted by Crippen LogP contribution is -2.19. The third-order valence-electron chi connectivity index (χ3n) is 2.83. The summed E-state index contributed by atoms with van der Waals surface area (Å²) >= 11 is 0. The van der Waals surface area contributed by atoms with Crippen molar-refractivity contribution in [3.05, 3.63) is 23.4 Å². The van der Waals surface area contributed by atoms with E-state index in [0.29, 0.717) is 6.54 Å². The van der Waals surface area contributed by atoms with E-state index >= 15 is 0 Å². The molecule has 0 bridgehead atoms. The number of nitrogens with two attached hydrogens (primary N) is 1. The molecule has 3 heteroatoms. The third-order valence-corrected chi connectivity index (χ3v) is 2.83. The molecule has 0 saturated carbocycles. The van der Waals surface area contributed by atoms with Crippen molar-refractivity contribution in [2.24, 2.45) is 5.73 Å². The monoisotopic (exact) mass is 191 g/mol. The zero-order chi connectivity index (χ0) is 9.97. The van der Waals surface area contributed by atoms with Crippen LogP contribution in [0, 0.1) is 6.92 Å². The van der Waals surface area contributed by atoms with Gasteiger partial charge in [-0.3, -0.25) is 0 Å². The molecule has 1 aromatic heterocycles. The third kappa shape index (κ3) is 1.73. The Balaban J connectivity index is 2.23. The molecule has 1 aliphatic heterocycles. The Morgan fingerprint density at radius 2 is 2.07 bits per heavy atom. The highest BCUT2D eigenvalue weighted by Gasteiger charge is 2.13. The van der Waals surface area contributed by atoms with Gasteiger partial charge in [-0.2, -0.15) is 0 Å². The molecule has 2 N–H and O–H groups in total. The lowest BCUT2D eigenvalue weighted by molar-refractivity contribution is 0.914. The van der Waals surface area contributed by atoms with Gasteiger partial charge in [-0.15, -0.1) is 0 Å². The molecule has 0 radical (unpaired) electrons. The largest absolute Gasteiger partial charge is 0.357 e. The lowest BCUT2D eigenvalue weighted by Gasteiger charge is -2.17. The normalized spacial score (nSPS) is 16.3. The highest BCUT2D eigenvalue weighted by atomic mass is 15.2. The summed E-state index contributed by atoms with van der Waals surface area (Å²) in [5.41, 5.74) is 7.81. The van der Waals surface area contributed by atoms with E-state index < -0.39 is 0 Å². The molecule has 1 fully saturated rings. The van der Waals surface area contributed by atoms with Gasteiger partial charge in [0.15, 0.2) is 0 Å². The molecule has 0 aromatic carbocycles. The first-order valence-corrected chi connectivity index (χ1v) is 5.23. The van der Waals surface area contributed by atoms with Crippen LogP contribution < -0.4 is 10.6 Å². The van der Waals surface area contributed by atoms with Crippen molar-refractivity contribution < 1.29 is 0 Å². The number of rotatable bonds is 2. The van der Waals surface area contributed by atoms with Crippen LogP contribution in [0.3, 0.4) is 0 Å². The summed E-state index contributed by atoms with van der Waals surface area (Å²) in [6.45, 7) is 4.91. The maximum atomic E-state index is 5.60. The SMILES string of the molecule is Cc1nc(N2CCCC2)ccc1CN. The number of nitrogens with zero attached hydrogens (tertiary/aromatic N) is 2. The molecule has 0 aliphatic carbocycles. The minimum absolute atomic E-state index is 0.582. The first-order chi connectivity index (χ1) is 6.81. The average molecular weight is 191 g/mol. The fourth-order valence-corrected chi connectivity index (χ4v) is 1.91. The summed E-state index contributed by atoms with van der Waals surface area (Å²) in [5.74, 6) is 1.11. The smallest absolute Gasteiger partial charge is 0.128 e. The highest BCUT2D eigenvalue weighted by Crippen LogP contribution is 2.19. The second-order valence-electron chi connectivity index (χ2n) is 3.81. The van der Waals surface area contributed by atoms with Crippen LogP contribution in [-0.2, 0) is 6.54 Å². The summed E-state index contributed by atoms with van der Waals surface area (Å²) in [5, 5.41) is 0. The Morgan fingerprint density at radius 3 is 2.64 bits per heavy atom. The molecule has 14 heavy (non-hydrogen) atoms. The number of anilines is 1. The maximum Gasteiger partial charge on any atom is 0.128 e. The minimum atomic E-state index is 0.582. The molecule has 2 rings (SSSR count). The molecule has 0 spiro atoms. The average Bonchev–Trinajstić information content (AvgIpc) is 2.70. The number of hydrogen-bond donors (Lipinski definition) is 1. The Kier molecular flexibility index (Phi) is 2.68. The molecule has 1 aliphatic rings. The van der Waals surface area contributed by atoms with Crippen LogP contribution in [0.4, 0.5) is 5.82 Å². The molecule has 76 valence electrons. The molecule has 0 unspecified atom stereocenters. The van der Waals surface area contributed by atoms with Gasteiger partial charge in [-0.25, -0.2) is 4.98 Å². The second-order valence-corrected chi connectivity index (χ2v) is 3.81. The van der Waals surface area contributed by atoms with E-state index in [4.69, 9.17) is 5.73 Å². The van der Waals surface area contributed by atoms with Crippen LogP contribution in [0.25, 0.3) is 0 Å². The van der Waals surface area contributed by atoms with Crippen LogP contribution in [0.5, 0.6) is 0 Å². The van der Waals surface area contributed by atoms with E-state index in [9.17, 15) is 0 Å². The van der Waals surface area contributed by atoms with Gasteiger partial charge in [0.25, 0.3) is 0 Å². The van der Waals surface area contributed by atoms with Crippen molar-refractivity contribution >= 4 is 5.82 Å². The number of hydrogen-bond acceptors (Lipinski definition) is 3. The van der Waals surface area contributed by atoms with Crippen molar-refractivity contribution in [2.75, 3.05) is 18.0 Å². The van der Waals surface area contributed by atoms with Gasteiger partial charge in [0.2, 0.25) is 0 Å². The van der Waals surface area contributed by atoms with Crippen molar-refractivity contribution in [3.8, 4) is 0 Å². The first-order valence-electron chi connectivity index (χ1n) is 5.23. The van der Waals surface area contributed by atoms with Crippen LogP contribution in [0.2, 0.25) is 0 Å². The Labute approximate surface area is 84.9 Å². The molecular formula is C11H17N3. The Morgan fingerprint density at radius 1 is 1.36 bits per heavy atom. The lowest BCUT2D eigenvalue weighted by atomic mass is 10.2. The summed E-state index contributed by atoms with van der Waals surface area (Å²) in [6.07, 6.45) is 2.58. The Bertz CT molecular complexity index is 316. The van der Waals surface area contributed by atoms with Crippen molar-refractivity contribution in [1.82, 2.24) is 4.98 Å². The summed E-state index contributed by atoms with van der Waals surface area (Å²) < 4.78 is 0. The fourth-order valence-electron chi connectivity index (χ4n) is 1.91. The van der Waals surface area contributed by atoms with E-state index in [0.717, 1.165) is 30.2 Å². The molecule has 1 saturated heterocycles. The molecule has 3 nitrogen and oxygen atoms in total. The molecular weight excluding hydrogens is 174 g/mol. The van der Waals surface area contributed by atoms with Crippen LogP contribution in [-0.4, -0.2) is 18.1 Å². The number of aryl methyl sites for hydroxylation is 1. The van der Waals surface area contributed by atoms with Gasteiger partial charge in [0.05, 0.1) is 0 Å². The predicted octanol–water partition coefficient (Wildman–Crippen LogP) is 1.45. The molecule has 0 atom stereocenters. The van der Waals surface area contributed by atoms with Gasteiger partial charge in [0.1, 0.15) is 5.82 Å². The molecule has 2 heterocycles. The van der Waals surface area contributed by atoms with Crippen LogP contribution in [0.15, 0.2) is 12.1 Å². The first kappa shape index (κ1) is 9.46. The fraction of sp³-hybridized carbons (Fsp3) is 0.545. The van der Waals surface area contributed by atoms with Gasteiger partial charge in [-0.05, 0) is 31.4 Å². The van der Waals surface area contributed by atoms with Crippen molar-refractivity contribution in [2.45, 2.75) is 26.3 Å². The highest BCUT2D eigenvalue weighted by molar-refractivity contribution is 5.42. The predicted molar refractivity (Wildman–Crippen MR) is 58.3 cm³/mol. The van der Waals surface area contributed by atoms with Crippen LogP contribution >= 0.6 is 0 Å². The van der Waals surface area contributed by atoms with Gasteiger partial charge >= 0.3 is 0 Å². The van der Waals surface area contributed by atoms with E-state index in [1.54, 1.807) is 0 Å². The standard InChI is InChI=1S/C11H17N3/c1-9-10(8-12)4-5-11(13-9)14-6-2-3-7-14/h4-5H,2-3,6-8,12H2,1H3. The van der Waals surface area contributed by atoms with Gasteiger partial charge < -0.3 is 10.6 Å². The summed E-state index contributed by atoms with van der Waals surface area (Å²) in [6, 6.07) is 4.18. The van der Waals surface area contributed by atoms with E-state index in [1.165, 1.54) is 12.8 Å². The van der Waals surface area contributed by atoms with E-state index in [2.05, 4.69) is 22.0 Å². The molecule has 0 amide bonds. The number of aromatic nitrogens is 1. The van der Waals surface area contributed by atoms with Gasteiger partial charge in [0, 0.05) is 25.3 Å². The Hall–Kier alpha value is -1.09. The van der Waals surface area contributed by atoms with Gasteiger partial charge in [-0.1, -0.05) is 6.07 Å². The summed E-state index contributed by atoms with van der Waals surface area (Å²) in [7, 11) is 0. The van der Waals surface area contributed by atoms with Crippen molar-refractivity contribution in [3.63, 3.8) is 0 Å². The van der Waals surface area contributed by atoms with E-state index in [-0.39, 0.29) is 0 Å². The molecule has 1 aromatic rings. The van der Waals surface area contributed by atoms with Crippen molar-refractivity contribution in [1.29, 1.82) is 0 Å². The zero-order valence-corrected chi connectivity index (χ0v) is 8.66. The topological polar surface area (TPSA) is 42.2 Å². The quantitative estimate of drug-likeness (QED) is 0.769. The maximum absolute atomic E-state index is 5.60. The number of pyridine rings is 1.